The molecular formula is C15H12Cl2O. The van der Waals surface area contributed by atoms with Crippen LogP contribution < -0.4 is 0 Å². The molecule has 2 rings (SSSR count). The Bertz CT molecular complexity index is 591. The molecule has 0 aliphatic heterocycles. The third-order valence-corrected chi connectivity index (χ3v) is 3.42. The molecular weight excluding hydrogens is 267 g/mol. The summed E-state index contributed by atoms with van der Waals surface area (Å²) >= 11 is 12.1. The van der Waals surface area contributed by atoms with Crippen LogP contribution in [0.25, 0.3) is 0 Å². The zero-order valence-electron chi connectivity index (χ0n) is 9.91. The van der Waals surface area contributed by atoms with E-state index < -0.39 is 0 Å². The van der Waals surface area contributed by atoms with E-state index >= 15 is 0 Å². The zero-order valence-corrected chi connectivity index (χ0v) is 11.4. The molecule has 18 heavy (non-hydrogen) atoms. The molecule has 2 aromatic rings. The highest BCUT2D eigenvalue weighted by Crippen LogP contribution is 2.22. The smallest absolute Gasteiger partial charge is 0.168 e. The number of hydrogen-bond donors (Lipinski definition) is 0. The molecule has 0 spiro atoms. The van der Waals surface area contributed by atoms with Crippen molar-refractivity contribution in [3.05, 3.63) is 69.2 Å². The molecule has 0 saturated carbocycles. The Morgan fingerprint density at radius 3 is 2.44 bits per heavy atom. The van der Waals surface area contributed by atoms with Crippen molar-refractivity contribution in [3.63, 3.8) is 0 Å². The molecule has 3 heteroatoms. The second-order valence-electron chi connectivity index (χ2n) is 4.17. The number of halogens is 2. The topological polar surface area (TPSA) is 17.1 Å². The molecule has 0 aromatic heterocycles. The van der Waals surface area contributed by atoms with Crippen molar-refractivity contribution < 1.29 is 4.79 Å². The molecule has 0 bridgehead atoms. The van der Waals surface area contributed by atoms with Gasteiger partial charge in [-0.15, -0.1) is 0 Å². The average Bonchev–Trinajstić information content (AvgIpc) is 2.33. The minimum atomic E-state index is -0.0219. The predicted molar refractivity (Wildman–Crippen MR) is 75.7 cm³/mol. The van der Waals surface area contributed by atoms with Crippen molar-refractivity contribution in [1.82, 2.24) is 0 Å². The molecule has 0 saturated heterocycles. The first kappa shape index (κ1) is 13.1. The van der Waals surface area contributed by atoms with Gasteiger partial charge in [-0.25, -0.2) is 0 Å². The summed E-state index contributed by atoms with van der Waals surface area (Å²) in [6, 6.07) is 12.7. The van der Waals surface area contributed by atoms with E-state index in [-0.39, 0.29) is 12.2 Å². The van der Waals surface area contributed by atoms with E-state index in [1.165, 1.54) is 0 Å². The van der Waals surface area contributed by atoms with Crippen LogP contribution in [-0.2, 0) is 6.42 Å². The van der Waals surface area contributed by atoms with Crippen molar-refractivity contribution in [2.75, 3.05) is 0 Å². The zero-order chi connectivity index (χ0) is 13.1. The highest BCUT2D eigenvalue weighted by molar-refractivity contribution is 6.34. The number of ketones is 1. The molecule has 0 N–H and O–H groups in total. The standard InChI is InChI=1S/C15H12Cl2O/c1-10-6-7-11(14(17)8-10)9-15(18)12-4-2-3-5-13(12)16/h2-8H,9H2,1H3. The highest BCUT2D eigenvalue weighted by Gasteiger charge is 2.12. The second kappa shape index (κ2) is 5.55. The minimum absolute atomic E-state index is 0.0219. The van der Waals surface area contributed by atoms with Crippen LogP contribution in [-0.4, -0.2) is 5.78 Å². The fourth-order valence-electron chi connectivity index (χ4n) is 1.75. The maximum Gasteiger partial charge on any atom is 0.168 e. The van der Waals surface area contributed by atoms with Gasteiger partial charge in [0, 0.05) is 17.0 Å². The molecule has 0 fully saturated rings. The molecule has 0 atom stereocenters. The third-order valence-electron chi connectivity index (χ3n) is 2.73. The number of aryl methyl sites for hydroxylation is 1. The lowest BCUT2D eigenvalue weighted by Crippen LogP contribution is -2.04. The van der Waals surface area contributed by atoms with Gasteiger partial charge in [0.2, 0.25) is 0 Å². The lowest BCUT2D eigenvalue weighted by Gasteiger charge is -2.06. The van der Waals surface area contributed by atoms with E-state index in [0.29, 0.717) is 15.6 Å². The molecule has 0 radical (unpaired) electrons. The van der Waals surface area contributed by atoms with Crippen LogP contribution in [0.5, 0.6) is 0 Å². The number of benzene rings is 2. The molecule has 0 heterocycles. The first-order chi connectivity index (χ1) is 8.58. The SMILES string of the molecule is Cc1ccc(CC(=O)c2ccccc2Cl)c(Cl)c1. The van der Waals surface area contributed by atoms with Gasteiger partial charge in [0.1, 0.15) is 0 Å². The van der Waals surface area contributed by atoms with Gasteiger partial charge in [0.05, 0.1) is 5.02 Å². The maximum atomic E-state index is 12.1. The van der Waals surface area contributed by atoms with Gasteiger partial charge < -0.3 is 0 Å². The minimum Gasteiger partial charge on any atom is -0.294 e. The van der Waals surface area contributed by atoms with E-state index in [1.807, 2.05) is 25.1 Å². The fraction of sp³-hybridized carbons (Fsp3) is 0.133. The van der Waals surface area contributed by atoms with Crippen molar-refractivity contribution in [2.24, 2.45) is 0 Å². The number of rotatable bonds is 3. The van der Waals surface area contributed by atoms with Crippen molar-refractivity contribution >= 4 is 29.0 Å². The normalized spacial score (nSPS) is 10.4. The quantitative estimate of drug-likeness (QED) is 0.742. The van der Waals surface area contributed by atoms with Gasteiger partial charge in [-0.1, -0.05) is 47.5 Å². The highest BCUT2D eigenvalue weighted by atomic mass is 35.5. The Labute approximate surface area is 116 Å². The third kappa shape index (κ3) is 2.92. The largest absolute Gasteiger partial charge is 0.294 e. The van der Waals surface area contributed by atoms with Crippen LogP contribution in [0, 0.1) is 6.92 Å². The van der Waals surface area contributed by atoms with Gasteiger partial charge in [-0.05, 0) is 36.2 Å². The molecule has 0 aliphatic rings. The molecule has 0 amide bonds. The van der Waals surface area contributed by atoms with E-state index in [4.69, 9.17) is 23.2 Å². The molecule has 0 unspecified atom stereocenters. The Hall–Kier alpha value is -1.31. The molecule has 0 aliphatic carbocycles. The first-order valence-electron chi connectivity index (χ1n) is 5.60. The summed E-state index contributed by atoms with van der Waals surface area (Å²) < 4.78 is 0. The van der Waals surface area contributed by atoms with Crippen LogP contribution in [0.15, 0.2) is 42.5 Å². The number of carbonyl (C=O) groups is 1. The van der Waals surface area contributed by atoms with E-state index in [2.05, 4.69) is 0 Å². The first-order valence-corrected chi connectivity index (χ1v) is 6.36. The van der Waals surface area contributed by atoms with Crippen LogP contribution >= 0.6 is 23.2 Å². The summed E-state index contributed by atoms with van der Waals surface area (Å²) in [7, 11) is 0. The molecule has 92 valence electrons. The van der Waals surface area contributed by atoms with Crippen LogP contribution in [0.4, 0.5) is 0 Å². The van der Waals surface area contributed by atoms with Gasteiger partial charge in [0.15, 0.2) is 5.78 Å². The maximum absolute atomic E-state index is 12.1. The van der Waals surface area contributed by atoms with Gasteiger partial charge in [0.25, 0.3) is 0 Å². The molecule has 2 aromatic carbocycles. The van der Waals surface area contributed by atoms with Crippen LogP contribution in [0.2, 0.25) is 10.0 Å². The van der Waals surface area contributed by atoms with Gasteiger partial charge in [-0.3, -0.25) is 4.79 Å². The summed E-state index contributed by atoms with van der Waals surface area (Å²) in [6.45, 7) is 1.96. The summed E-state index contributed by atoms with van der Waals surface area (Å²) in [5.74, 6) is -0.0219. The number of Topliss-reactive ketones (excluding diaryl/α,β-unsaturated/α-hetero) is 1. The van der Waals surface area contributed by atoms with Crippen molar-refractivity contribution in [2.45, 2.75) is 13.3 Å². The number of hydrogen-bond acceptors (Lipinski definition) is 1. The second-order valence-corrected chi connectivity index (χ2v) is 4.99. The summed E-state index contributed by atoms with van der Waals surface area (Å²) in [4.78, 5) is 12.1. The fourth-order valence-corrected chi connectivity index (χ4v) is 2.29. The summed E-state index contributed by atoms with van der Waals surface area (Å²) in [5, 5.41) is 1.10. The van der Waals surface area contributed by atoms with Crippen molar-refractivity contribution in [1.29, 1.82) is 0 Å². The number of carbonyl (C=O) groups excluding carboxylic acids is 1. The summed E-state index contributed by atoms with van der Waals surface area (Å²) in [5.41, 5.74) is 2.44. The monoisotopic (exact) mass is 278 g/mol. The van der Waals surface area contributed by atoms with Gasteiger partial charge in [-0.2, -0.15) is 0 Å². The van der Waals surface area contributed by atoms with Crippen LogP contribution in [0.1, 0.15) is 21.5 Å². The average molecular weight is 279 g/mol. The van der Waals surface area contributed by atoms with Crippen LogP contribution in [0.3, 0.4) is 0 Å². The lowest BCUT2D eigenvalue weighted by molar-refractivity contribution is 0.0993. The predicted octanol–water partition coefficient (Wildman–Crippen LogP) is 4.73. The Kier molecular flexibility index (Phi) is 4.05. The molecule has 1 nitrogen and oxygen atoms in total. The lowest BCUT2D eigenvalue weighted by atomic mass is 10.0. The Balaban J connectivity index is 2.24. The Morgan fingerprint density at radius 1 is 1.06 bits per heavy atom. The Morgan fingerprint density at radius 2 is 1.78 bits per heavy atom. The van der Waals surface area contributed by atoms with Gasteiger partial charge >= 0.3 is 0 Å². The summed E-state index contributed by atoms with van der Waals surface area (Å²) in [6.07, 6.45) is 0.267. The van der Waals surface area contributed by atoms with Crippen molar-refractivity contribution in [3.8, 4) is 0 Å². The van der Waals surface area contributed by atoms with E-state index in [9.17, 15) is 4.79 Å². The van der Waals surface area contributed by atoms with E-state index in [0.717, 1.165) is 11.1 Å². The van der Waals surface area contributed by atoms with E-state index in [1.54, 1.807) is 24.3 Å².